The third kappa shape index (κ3) is 5.07. The summed E-state index contributed by atoms with van der Waals surface area (Å²) < 4.78 is 29.1. The molecule has 2 N–H and O–H groups in total. The normalized spacial score (nSPS) is 15.8. The van der Waals surface area contributed by atoms with Gasteiger partial charge in [-0.25, -0.2) is 4.39 Å². The van der Waals surface area contributed by atoms with Crippen molar-refractivity contribution in [3.8, 4) is 5.75 Å². The fourth-order valence-corrected chi connectivity index (χ4v) is 3.07. The van der Waals surface area contributed by atoms with Crippen molar-refractivity contribution in [2.24, 2.45) is 11.8 Å². The number of carboxylic acids is 1. The average Bonchev–Trinajstić information content (AvgIpc) is 3.17. The lowest BCUT2D eigenvalue weighted by Crippen LogP contribution is -2.39. The van der Waals surface area contributed by atoms with Crippen molar-refractivity contribution in [1.82, 2.24) is 10.5 Å². The number of rotatable bonds is 8. The van der Waals surface area contributed by atoms with Gasteiger partial charge < -0.3 is 24.4 Å². The van der Waals surface area contributed by atoms with E-state index in [-0.39, 0.29) is 36.3 Å². The van der Waals surface area contributed by atoms with Crippen LogP contribution in [-0.4, -0.2) is 41.9 Å². The minimum Gasteiger partial charge on any atom is -0.482 e. The van der Waals surface area contributed by atoms with E-state index in [4.69, 9.17) is 14.0 Å². The SMILES string of the molecule is O=C(NCC(C(=O)O)C1CCOCC1)c1cc(COc2ccccc2F)on1. The van der Waals surface area contributed by atoms with Crippen molar-refractivity contribution in [3.05, 3.63) is 47.6 Å². The van der Waals surface area contributed by atoms with Gasteiger partial charge in [0.15, 0.2) is 23.0 Å². The monoisotopic (exact) mass is 392 g/mol. The number of hydrogen-bond donors (Lipinski definition) is 2. The number of carbonyl (C=O) groups is 2. The highest BCUT2D eigenvalue weighted by molar-refractivity contribution is 5.92. The first-order valence-electron chi connectivity index (χ1n) is 8.96. The molecule has 1 aliphatic heterocycles. The molecule has 2 heterocycles. The van der Waals surface area contributed by atoms with E-state index in [9.17, 15) is 19.1 Å². The number of aliphatic carboxylic acids is 1. The number of para-hydroxylation sites is 1. The van der Waals surface area contributed by atoms with Crippen LogP contribution in [0.3, 0.4) is 0 Å². The first kappa shape index (κ1) is 19.8. The van der Waals surface area contributed by atoms with Crippen molar-refractivity contribution in [2.45, 2.75) is 19.4 Å². The van der Waals surface area contributed by atoms with Crippen LogP contribution in [0.2, 0.25) is 0 Å². The highest BCUT2D eigenvalue weighted by Gasteiger charge is 2.30. The molecule has 0 radical (unpaired) electrons. The second kappa shape index (κ2) is 9.32. The third-order valence-electron chi connectivity index (χ3n) is 4.63. The van der Waals surface area contributed by atoms with Crippen molar-refractivity contribution in [1.29, 1.82) is 0 Å². The Hall–Kier alpha value is -2.94. The lowest BCUT2D eigenvalue weighted by molar-refractivity contribution is -0.144. The van der Waals surface area contributed by atoms with Crippen LogP contribution in [0.4, 0.5) is 4.39 Å². The van der Waals surface area contributed by atoms with Gasteiger partial charge in [-0.05, 0) is 30.9 Å². The van der Waals surface area contributed by atoms with Crippen LogP contribution in [0.25, 0.3) is 0 Å². The number of nitrogens with zero attached hydrogens (tertiary/aromatic N) is 1. The summed E-state index contributed by atoms with van der Waals surface area (Å²) in [5.74, 6) is -2.44. The number of ether oxygens (including phenoxy) is 2. The summed E-state index contributed by atoms with van der Waals surface area (Å²) in [6, 6.07) is 7.30. The number of carboxylic acid groups (broad SMARTS) is 1. The number of nitrogens with one attached hydrogen (secondary N) is 1. The highest BCUT2D eigenvalue weighted by Crippen LogP contribution is 2.24. The average molecular weight is 392 g/mol. The van der Waals surface area contributed by atoms with Crippen LogP contribution in [0, 0.1) is 17.7 Å². The minimum absolute atomic E-state index is 0.00301. The Kier molecular flexibility index (Phi) is 6.59. The predicted octanol–water partition coefficient (Wildman–Crippen LogP) is 2.25. The molecule has 9 heteroatoms. The van der Waals surface area contributed by atoms with Crippen LogP contribution >= 0.6 is 0 Å². The molecule has 0 bridgehead atoms. The zero-order chi connectivity index (χ0) is 19.9. The molecule has 8 nitrogen and oxygen atoms in total. The summed E-state index contributed by atoms with van der Waals surface area (Å²) in [6.07, 6.45) is 1.29. The maximum Gasteiger partial charge on any atom is 0.308 e. The van der Waals surface area contributed by atoms with Gasteiger partial charge in [-0.15, -0.1) is 0 Å². The van der Waals surface area contributed by atoms with Gasteiger partial charge in [-0.3, -0.25) is 9.59 Å². The van der Waals surface area contributed by atoms with Crippen LogP contribution in [0.1, 0.15) is 29.1 Å². The first-order chi connectivity index (χ1) is 13.5. The van der Waals surface area contributed by atoms with Gasteiger partial charge in [-0.1, -0.05) is 17.3 Å². The molecule has 1 fully saturated rings. The highest BCUT2D eigenvalue weighted by atomic mass is 19.1. The fourth-order valence-electron chi connectivity index (χ4n) is 3.07. The molecule has 0 aliphatic carbocycles. The number of aromatic nitrogens is 1. The molecule has 0 spiro atoms. The summed E-state index contributed by atoms with van der Waals surface area (Å²) in [5.41, 5.74) is 0.00301. The van der Waals surface area contributed by atoms with E-state index in [2.05, 4.69) is 10.5 Å². The van der Waals surface area contributed by atoms with E-state index in [1.54, 1.807) is 12.1 Å². The maximum atomic E-state index is 13.5. The van der Waals surface area contributed by atoms with E-state index in [1.807, 2.05) is 0 Å². The third-order valence-corrected chi connectivity index (χ3v) is 4.63. The standard InChI is InChI=1S/C19H21FN2O6/c20-15-3-1-2-4-17(15)27-11-13-9-16(22-28-13)18(23)21-10-14(19(24)25)12-5-7-26-8-6-12/h1-4,9,12,14H,5-8,10-11H2,(H,21,23)(H,24,25). The Morgan fingerprint density at radius 3 is 2.79 bits per heavy atom. The molecular formula is C19H21FN2O6. The Bertz CT molecular complexity index is 818. The van der Waals surface area contributed by atoms with Gasteiger partial charge in [0.2, 0.25) is 0 Å². The molecular weight excluding hydrogens is 371 g/mol. The van der Waals surface area contributed by atoms with Crippen LogP contribution < -0.4 is 10.1 Å². The van der Waals surface area contributed by atoms with Crippen molar-refractivity contribution in [2.75, 3.05) is 19.8 Å². The van der Waals surface area contributed by atoms with Crippen molar-refractivity contribution in [3.63, 3.8) is 0 Å². The molecule has 0 saturated carbocycles. The Morgan fingerprint density at radius 2 is 2.07 bits per heavy atom. The lowest BCUT2D eigenvalue weighted by atomic mass is 9.86. The van der Waals surface area contributed by atoms with Crippen molar-refractivity contribution >= 4 is 11.9 Å². The zero-order valence-corrected chi connectivity index (χ0v) is 15.1. The summed E-state index contributed by atoms with van der Waals surface area (Å²) in [7, 11) is 0. The molecule has 150 valence electrons. The molecule has 1 atom stereocenters. The molecule has 1 aromatic heterocycles. The van der Waals surface area contributed by atoms with E-state index >= 15 is 0 Å². The largest absolute Gasteiger partial charge is 0.482 e. The summed E-state index contributed by atoms with van der Waals surface area (Å²) >= 11 is 0. The number of hydrogen-bond acceptors (Lipinski definition) is 6. The van der Waals surface area contributed by atoms with Crippen LogP contribution in [-0.2, 0) is 16.1 Å². The van der Waals surface area contributed by atoms with Crippen LogP contribution in [0.15, 0.2) is 34.9 Å². The smallest absolute Gasteiger partial charge is 0.308 e. The van der Waals surface area contributed by atoms with Gasteiger partial charge in [0.25, 0.3) is 5.91 Å². The molecule has 1 aliphatic rings. The van der Waals surface area contributed by atoms with Gasteiger partial charge in [0, 0.05) is 25.8 Å². The molecule has 1 amide bonds. The number of halogens is 1. The number of benzene rings is 1. The Balaban J connectivity index is 1.53. The quantitative estimate of drug-likeness (QED) is 0.709. The molecule has 1 aromatic carbocycles. The zero-order valence-electron chi connectivity index (χ0n) is 15.1. The number of carbonyl (C=O) groups excluding carboxylic acids is 1. The predicted molar refractivity (Wildman–Crippen MR) is 94.2 cm³/mol. The maximum absolute atomic E-state index is 13.5. The number of amides is 1. The second-order valence-electron chi connectivity index (χ2n) is 6.50. The molecule has 2 aromatic rings. The lowest BCUT2D eigenvalue weighted by Gasteiger charge is -2.27. The van der Waals surface area contributed by atoms with Gasteiger partial charge in [0.1, 0.15) is 6.61 Å². The van der Waals surface area contributed by atoms with Gasteiger partial charge >= 0.3 is 5.97 Å². The summed E-state index contributed by atoms with van der Waals surface area (Å²) in [5, 5.41) is 15.7. The van der Waals surface area contributed by atoms with Gasteiger partial charge in [0.05, 0.1) is 5.92 Å². The van der Waals surface area contributed by atoms with Crippen molar-refractivity contribution < 1.29 is 33.1 Å². The molecule has 1 saturated heterocycles. The van der Waals surface area contributed by atoms with E-state index < -0.39 is 23.6 Å². The van der Waals surface area contributed by atoms with Gasteiger partial charge in [-0.2, -0.15) is 0 Å². The van der Waals surface area contributed by atoms with E-state index in [1.165, 1.54) is 18.2 Å². The Labute approximate surface area is 160 Å². The molecule has 1 unspecified atom stereocenters. The van der Waals surface area contributed by atoms with Crippen LogP contribution in [0.5, 0.6) is 5.75 Å². The van der Waals surface area contributed by atoms with E-state index in [0.717, 1.165) is 0 Å². The summed E-state index contributed by atoms with van der Waals surface area (Å²) in [6.45, 7) is 0.946. The molecule has 3 rings (SSSR count). The first-order valence-corrected chi connectivity index (χ1v) is 8.96. The second-order valence-corrected chi connectivity index (χ2v) is 6.50. The topological polar surface area (TPSA) is 111 Å². The minimum atomic E-state index is -0.952. The summed E-state index contributed by atoms with van der Waals surface area (Å²) in [4.78, 5) is 23.8. The van der Waals surface area contributed by atoms with E-state index in [0.29, 0.717) is 26.1 Å². The molecule has 28 heavy (non-hydrogen) atoms. The Morgan fingerprint density at radius 1 is 1.32 bits per heavy atom. The fraction of sp³-hybridized carbons (Fsp3) is 0.421.